The van der Waals surface area contributed by atoms with Gasteiger partial charge >= 0.3 is 0 Å². The van der Waals surface area contributed by atoms with Gasteiger partial charge in [0.15, 0.2) is 5.58 Å². The number of para-hydroxylation sites is 2. The van der Waals surface area contributed by atoms with Crippen molar-refractivity contribution in [2.75, 3.05) is 5.75 Å². The van der Waals surface area contributed by atoms with E-state index >= 15 is 0 Å². The zero-order valence-corrected chi connectivity index (χ0v) is 13.7. The predicted octanol–water partition coefficient (Wildman–Crippen LogP) is 2.85. The van der Waals surface area contributed by atoms with Gasteiger partial charge in [0.25, 0.3) is 10.9 Å². The zero-order valence-electron chi connectivity index (χ0n) is 12.8. The summed E-state index contributed by atoms with van der Waals surface area (Å²) in [6.45, 7) is -0.0134. The van der Waals surface area contributed by atoms with Gasteiger partial charge in [-0.05, 0) is 18.2 Å². The molecule has 3 aromatic rings. The maximum Gasteiger partial charge on any atom is 0.270 e. The summed E-state index contributed by atoms with van der Waals surface area (Å²) in [5, 5.41) is 23.4. The second-order valence-electron chi connectivity index (χ2n) is 5.08. The number of nitro groups is 1. The summed E-state index contributed by atoms with van der Waals surface area (Å²) in [6, 6.07) is 10.9. The Morgan fingerprint density at radius 3 is 2.88 bits per heavy atom. The molecule has 9 heteroatoms. The van der Waals surface area contributed by atoms with E-state index in [1.54, 1.807) is 6.07 Å². The molecule has 25 heavy (non-hydrogen) atoms. The number of hydrogen-bond acceptors (Lipinski definition) is 7. The molecule has 0 spiro atoms. The van der Waals surface area contributed by atoms with Crippen LogP contribution >= 0.6 is 11.8 Å². The Hall–Kier alpha value is -3.07. The van der Waals surface area contributed by atoms with Gasteiger partial charge in [-0.1, -0.05) is 23.9 Å². The Labute approximate surface area is 146 Å². The summed E-state index contributed by atoms with van der Waals surface area (Å²) in [6.07, 6.45) is 0. The number of hydrogen-bond donors (Lipinski definition) is 2. The fourth-order valence-electron chi connectivity index (χ4n) is 2.11. The molecular weight excluding hydrogens is 346 g/mol. The van der Waals surface area contributed by atoms with Gasteiger partial charge in [-0.15, -0.1) is 0 Å². The Balaban J connectivity index is 1.56. The number of nitrogens with zero attached hydrogens (tertiary/aromatic N) is 2. The Morgan fingerprint density at radius 1 is 1.32 bits per heavy atom. The van der Waals surface area contributed by atoms with Crippen molar-refractivity contribution in [3.8, 4) is 5.75 Å². The summed E-state index contributed by atoms with van der Waals surface area (Å²) in [5.41, 5.74) is 1.48. The van der Waals surface area contributed by atoms with Gasteiger partial charge in [-0.2, -0.15) is 0 Å². The van der Waals surface area contributed by atoms with Gasteiger partial charge in [0, 0.05) is 24.2 Å². The van der Waals surface area contributed by atoms with Crippen LogP contribution in [0.1, 0.15) is 5.56 Å². The number of phenols is 1. The number of thioether (sulfide) groups is 1. The van der Waals surface area contributed by atoms with Crippen LogP contribution in [0.15, 0.2) is 52.1 Å². The molecule has 128 valence electrons. The van der Waals surface area contributed by atoms with Crippen molar-refractivity contribution in [2.45, 2.75) is 11.8 Å². The first-order valence-corrected chi connectivity index (χ1v) is 8.23. The molecule has 1 amide bonds. The molecule has 8 nitrogen and oxygen atoms in total. The summed E-state index contributed by atoms with van der Waals surface area (Å²) < 4.78 is 5.50. The van der Waals surface area contributed by atoms with Gasteiger partial charge in [0.1, 0.15) is 11.3 Å². The molecule has 1 heterocycles. The van der Waals surface area contributed by atoms with E-state index in [0.717, 1.165) is 11.8 Å². The molecule has 1 aromatic heterocycles. The quantitative estimate of drug-likeness (QED) is 0.394. The van der Waals surface area contributed by atoms with Crippen molar-refractivity contribution < 1.29 is 19.2 Å². The summed E-state index contributed by atoms with van der Waals surface area (Å²) in [5.74, 6) is -0.349. The molecular formula is C16H13N3O5S. The number of fused-ring (bicyclic) bond motifs is 1. The van der Waals surface area contributed by atoms with E-state index in [2.05, 4.69) is 10.3 Å². The first-order valence-electron chi connectivity index (χ1n) is 7.24. The zero-order chi connectivity index (χ0) is 17.8. The molecule has 0 radical (unpaired) electrons. The number of nitro benzene ring substituents is 1. The molecule has 0 atom stereocenters. The number of amides is 1. The number of carbonyl (C=O) groups excluding carboxylic acids is 1. The van der Waals surface area contributed by atoms with Crippen LogP contribution in [0.2, 0.25) is 0 Å². The Kier molecular flexibility index (Phi) is 4.85. The van der Waals surface area contributed by atoms with Crippen molar-refractivity contribution in [2.24, 2.45) is 0 Å². The van der Waals surface area contributed by atoms with E-state index in [9.17, 15) is 20.0 Å². The number of non-ortho nitro benzene ring substituents is 1. The molecule has 0 aliphatic rings. The van der Waals surface area contributed by atoms with Crippen LogP contribution < -0.4 is 5.32 Å². The number of aromatic nitrogens is 1. The first-order chi connectivity index (χ1) is 12.0. The third kappa shape index (κ3) is 4.07. The molecule has 0 aliphatic carbocycles. The minimum Gasteiger partial charge on any atom is -0.508 e. The van der Waals surface area contributed by atoms with Gasteiger partial charge in [-0.25, -0.2) is 4.98 Å². The lowest BCUT2D eigenvalue weighted by Crippen LogP contribution is -2.24. The van der Waals surface area contributed by atoms with Crippen molar-refractivity contribution in [1.29, 1.82) is 0 Å². The highest BCUT2D eigenvalue weighted by Crippen LogP contribution is 2.24. The van der Waals surface area contributed by atoms with E-state index in [-0.39, 0.29) is 35.2 Å². The molecule has 0 unspecified atom stereocenters. The van der Waals surface area contributed by atoms with Crippen LogP contribution in [0.5, 0.6) is 5.75 Å². The molecule has 0 fully saturated rings. The Morgan fingerprint density at radius 2 is 2.12 bits per heavy atom. The highest BCUT2D eigenvalue weighted by molar-refractivity contribution is 7.99. The third-order valence-corrected chi connectivity index (χ3v) is 4.18. The second-order valence-corrected chi connectivity index (χ2v) is 6.01. The lowest BCUT2D eigenvalue weighted by molar-refractivity contribution is -0.384. The predicted molar refractivity (Wildman–Crippen MR) is 91.3 cm³/mol. The maximum absolute atomic E-state index is 11.9. The normalized spacial score (nSPS) is 10.7. The van der Waals surface area contributed by atoms with E-state index in [4.69, 9.17) is 4.42 Å². The number of oxazole rings is 1. The molecule has 3 rings (SSSR count). The standard InChI is InChI=1S/C16H13N3O5S/c20-13-6-5-11(19(22)23)7-10(13)8-17-15(21)9-25-16-18-12-3-1-2-4-14(12)24-16/h1-7,20H,8-9H2,(H,17,21). The summed E-state index contributed by atoms with van der Waals surface area (Å²) in [4.78, 5) is 26.4. The second kappa shape index (κ2) is 7.22. The molecule has 0 aliphatic heterocycles. The van der Waals surface area contributed by atoms with Crippen molar-refractivity contribution >= 4 is 34.5 Å². The van der Waals surface area contributed by atoms with Crippen molar-refractivity contribution in [3.63, 3.8) is 0 Å². The number of phenolic OH excluding ortho intramolecular Hbond substituents is 1. The van der Waals surface area contributed by atoms with Crippen LogP contribution in [-0.4, -0.2) is 26.7 Å². The van der Waals surface area contributed by atoms with Crippen LogP contribution in [0.3, 0.4) is 0 Å². The molecule has 0 bridgehead atoms. The third-order valence-electron chi connectivity index (χ3n) is 3.35. The number of rotatable bonds is 6. The van der Waals surface area contributed by atoms with E-state index in [1.165, 1.54) is 18.2 Å². The monoisotopic (exact) mass is 359 g/mol. The summed E-state index contributed by atoms with van der Waals surface area (Å²) >= 11 is 1.14. The lowest BCUT2D eigenvalue weighted by Gasteiger charge is -2.06. The number of nitrogens with one attached hydrogen (secondary N) is 1. The van der Waals surface area contributed by atoms with E-state index in [0.29, 0.717) is 16.3 Å². The fourth-order valence-corrected chi connectivity index (χ4v) is 2.78. The molecule has 0 saturated carbocycles. The largest absolute Gasteiger partial charge is 0.508 e. The highest BCUT2D eigenvalue weighted by atomic mass is 32.2. The van der Waals surface area contributed by atoms with Crippen LogP contribution in [0, 0.1) is 10.1 Å². The topological polar surface area (TPSA) is 119 Å². The average Bonchev–Trinajstić information content (AvgIpc) is 3.02. The van der Waals surface area contributed by atoms with Gasteiger partial charge in [0.2, 0.25) is 5.91 Å². The Bertz CT molecular complexity index is 907. The SMILES string of the molecule is O=C(CSc1nc2ccccc2o1)NCc1cc([N+](=O)[O-])ccc1O. The number of benzene rings is 2. The van der Waals surface area contributed by atoms with Gasteiger partial charge in [0.05, 0.1) is 10.7 Å². The highest BCUT2D eigenvalue weighted by Gasteiger charge is 2.12. The van der Waals surface area contributed by atoms with Crippen LogP contribution in [0.25, 0.3) is 11.1 Å². The molecule has 2 N–H and O–H groups in total. The van der Waals surface area contributed by atoms with Crippen molar-refractivity contribution in [3.05, 3.63) is 58.1 Å². The van der Waals surface area contributed by atoms with Crippen LogP contribution in [0.4, 0.5) is 5.69 Å². The number of aromatic hydroxyl groups is 1. The smallest absolute Gasteiger partial charge is 0.270 e. The maximum atomic E-state index is 11.9. The summed E-state index contributed by atoms with van der Waals surface area (Å²) in [7, 11) is 0. The van der Waals surface area contributed by atoms with Crippen LogP contribution in [-0.2, 0) is 11.3 Å². The van der Waals surface area contributed by atoms with E-state index in [1.807, 2.05) is 18.2 Å². The van der Waals surface area contributed by atoms with Gasteiger partial charge in [-0.3, -0.25) is 14.9 Å². The lowest BCUT2D eigenvalue weighted by atomic mass is 10.2. The van der Waals surface area contributed by atoms with Crippen molar-refractivity contribution in [1.82, 2.24) is 10.3 Å². The molecule has 0 saturated heterocycles. The first kappa shape index (κ1) is 16.8. The minimum atomic E-state index is -0.562. The number of carbonyl (C=O) groups is 1. The minimum absolute atomic E-state index is 0.0134. The van der Waals surface area contributed by atoms with E-state index < -0.39 is 4.92 Å². The fraction of sp³-hybridized carbons (Fsp3) is 0.125. The molecule has 2 aromatic carbocycles. The van der Waals surface area contributed by atoms with Gasteiger partial charge < -0.3 is 14.8 Å². The average molecular weight is 359 g/mol.